The zero-order valence-electron chi connectivity index (χ0n) is 12.5. The summed E-state index contributed by atoms with van der Waals surface area (Å²) in [6, 6.07) is 11.5. The molecule has 1 amide bonds. The van der Waals surface area contributed by atoms with Gasteiger partial charge in [0.1, 0.15) is 5.75 Å². The first kappa shape index (κ1) is 16.7. The molecule has 0 saturated heterocycles. The Bertz CT molecular complexity index is 866. The number of anilines is 1. The van der Waals surface area contributed by atoms with E-state index in [0.29, 0.717) is 27.4 Å². The molecule has 8 heteroatoms. The maximum atomic E-state index is 12.3. The third kappa shape index (κ3) is 3.82. The first-order valence-corrected chi connectivity index (χ1v) is 8.55. The summed E-state index contributed by atoms with van der Waals surface area (Å²) in [5, 5.41) is 3.18. The standard InChI is InChI=1S/C16H12F2N2O2S2/c1-22-10-4-7-12-13(8-10)24-16(19-12)20-14(21)9-2-5-11(6-3-9)23-15(17)18/h2-8,15H,1H3,(H,19,20,21). The number of nitrogens with one attached hydrogen (secondary N) is 1. The zero-order chi connectivity index (χ0) is 17.1. The molecule has 1 heterocycles. The summed E-state index contributed by atoms with van der Waals surface area (Å²) in [6.45, 7) is 0. The van der Waals surface area contributed by atoms with Crippen molar-refractivity contribution in [3.05, 3.63) is 48.0 Å². The van der Waals surface area contributed by atoms with Crippen molar-refractivity contribution in [3.8, 4) is 5.75 Å². The number of nitrogens with zero attached hydrogens (tertiary/aromatic N) is 1. The number of amides is 1. The van der Waals surface area contributed by atoms with Gasteiger partial charge in [-0.25, -0.2) is 4.98 Å². The van der Waals surface area contributed by atoms with Crippen molar-refractivity contribution in [2.75, 3.05) is 12.4 Å². The van der Waals surface area contributed by atoms with Crippen molar-refractivity contribution in [2.45, 2.75) is 10.7 Å². The normalized spacial score (nSPS) is 11.0. The van der Waals surface area contributed by atoms with Gasteiger partial charge in [0.2, 0.25) is 0 Å². The molecule has 0 aliphatic heterocycles. The molecular weight excluding hydrogens is 354 g/mol. The van der Waals surface area contributed by atoms with Crippen molar-refractivity contribution >= 4 is 44.4 Å². The van der Waals surface area contributed by atoms with Gasteiger partial charge in [0.15, 0.2) is 5.13 Å². The van der Waals surface area contributed by atoms with Crippen LogP contribution < -0.4 is 10.1 Å². The highest BCUT2D eigenvalue weighted by Crippen LogP contribution is 2.30. The molecule has 0 aliphatic carbocycles. The minimum atomic E-state index is -2.48. The summed E-state index contributed by atoms with van der Waals surface area (Å²) in [5.74, 6) is -2.10. The van der Waals surface area contributed by atoms with E-state index in [1.165, 1.54) is 35.6 Å². The Labute approximate surface area is 144 Å². The molecule has 0 fully saturated rings. The molecule has 1 aromatic heterocycles. The Balaban J connectivity index is 1.74. The molecule has 3 rings (SSSR count). The lowest BCUT2D eigenvalue weighted by Crippen LogP contribution is -2.11. The van der Waals surface area contributed by atoms with Crippen LogP contribution in [0.2, 0.25) is 0 Å². The number of ether oxygens (including phenoxy) is 1. The molecule has 4 nitrogen and oxygen atoms in total. The Morgan fingerprint density at radius 3 is 2.67 bits per heavy atom. The lowest BCUT2D eigenvalue weighted by molar-refractivity contribution is 0.102. The molecule has 1 N–H and O–H groups in total. The van der Waals surface area contributed by atoms with E-state index in [-0.39, 0.29) is 5.91 Å². The number of methoxy groups -OCH3 is 1. The summed E-state index contributed by atoms with van der Waals surface area (Å²) in [5.41, 5.74) is 1.14. The highest BCUT2D eigenvalue weighted by Gasteiger charge is 2.11. The number of aromatic nitrogens is 1. The fourth-order valence-corrected chi connectivity index (χ4v) is 3.43. The third-order valence-corrected chi connectivity index (χ3v) is 4.81. The number of carbonyl (C=O) groups excluding carboxylic acids is 1. The highest BCUT2D eigenvalue weighted by molar-refractivity contribution is 7.99. The Morgan fingerprint density at radius 1 is 1.25 bits per heavy atom. The van der Waals surface area contributed by atoms with Crippen LogP contribution in [0.5, 0.6) is 5.75 Å². The molecule has 3 aromatic rings. The van der Waals surface area contributed by atoms with E-state index < -0.39 is 5.76 Å². The van der Waals surface area contributed by atoms with E-state index >= 15 is 0 Å². The van der Waals surface area contributed by atoms with Crippen molar-refractivity contribution < 1.29 is 18.3 Å². The van der Waals surface area contributed by atoms with E-state index in [0.717, 1.165) is 16.0 Å². The van der Waals surface area contributed by atoms with E-state index in [2.05, 4.69) is 10.3 Å². The first-order valence-electron chi connectivity index (χ1n) is 6.86. The number of thioether (sulfide) groups is 1. The van der Waals surface area contributed by atoms with Crippen molar-refractivity contribution in [1.29, 1.82) is 0 Å². The van der Waals surface area contributed by atoms with Gasteiger partial charge < -0.3 is 4.74 Å². The second kappa shape index (κ2) is 7.14. The van der Waals surface area contributed by atoms with Crippen LogP contribution in [0.4, 0.5) is 13.9 Å². The van der Waals surface area contributed by atoms with E-state index in [1.54, 1.807) is 13.2 Å². The van der Waals surface area contributed by atoms with Gasteiger partial charge in [0.25, 0.3) is 11.7 Å². The largest absolute Gasteiger partial charge is 0.497 e. The van der Waals surface area contributed by atoms with Crippen LogP contribution in [0.25, 0.3) is 10.2 Å². The number of hydrogen-bond acceptors (Lipinski definition) is 5. The average molecular weight is 366 g/mol. The van der Waals surface area contributed by atoms with Gasteiger partial charge in [0, 0.05) is 10.5 Å². The number of carbonyl (C=O) groups is 1. The molecule has 0 spiro atoms. The number of hydrogen-bond donors (Lipinski definition) is 1. The summed E-state index contributed by atoms with van der Waals surface area (Å²) in [4.78, 5) is 17.0. The monoisotopic (exact) mass is 366 g/mol. The minimum absolute atomic E-state index is 0.338. The molecule has 0 saturated carbocycles. The molecule has 2 aromatic carbocycles. The second-order valence-corrected chi connectivity index (χ2v) is 6.80. The Morgan fingerprint density at radius 2 is 2.00 bits per heavy atom. The number of rotatable bonds is 5. The molecular formula is C16H12F2N2O2S2. The van der Waals surface area contributed by atoms with E-state index in [1.807, 2.05) is 12.1 Å². The average Bonchev–Trinajstić information content (AvgIpc) is 2.96. The predicted molar refractivity (Wildman–Crippen MR) is 92.4 cm³/mol. The first-order chi connectivity index (χ1) is 11.5. The van der Waals surface area contributed by atoms with Crippen LogP contribution in [-0.2, 0) is 0 Å². The van der Waals surface area contributed by atoms with Crippen molar-refractivity contribution in [1.82, 2.24) is 4.98 Å². The van der Waals surface area contributed by atoms with Crippen molar-refractivity contribution in [2.24, 2.45) is 0 Å². The Kier molecular flexibility index (Phi) is 4.96. The lowest BCUT2D eigenvalue weighted by Gasteiger charge is -2.03. The number of fused-ring (bicyclic) bond motifs is 1. The van der Waals surface area contributed by atoms with Crippen LogP contribution in [-0.4, -0.2) is 23.8 Å². The maximum Gasteiger partial charge on any atom is 0.288 e. The number of benzene rings is 2. The van der Waals surface area contributed by atoms with Crippen LogP contribution in [0, 0.1) is 0 Å². The topological polar surface area (TPSA) is 51.2 Å². The van der Waals surface area contributed by atoms with Crippen LogP contribution in [0.1, 0.15) is 10.4 Å². The Hall–Kier alpha value is -2.19. The van der Waals surface area contributed by atoms with Crippen molar-refractivity contribution in [3.63, 3.8) is 0 Å². The smallest absolute Gasteiger partial charge is 0.288 e. The van der Waals surface area contributed by atoms with E-state index in [9.17, 15) is 13.6 Å². The predicted octanol–water partition coefficient (Wildman–Crippen LogP) is 4.87. The number of halogens is 2. The summed E-state index contributed by atoms with van der Waals surface area (Å²) < 4.78 is 30.6. The van der Waals surface area contributed by atoms with Crippen LogP contribution in [0.3, 0.4) is 0 Å². The minimum Gasteiger partial charge on any atom is -0.497 e. The van der Waals surface area contributed by atoms with Gasteiger partial charge in [-0.15, -0.1) is 0 Å². The fourth-order valence-electron chi connectivity index (χ4n) is 2.04. The number of thiazole rings is 1. The SMILES string of the molecule is COc1ccc2nc(NC(=O)c3ccc(SC(F)F)cc3)sc2c1. The molecule has 0 bridgehead atoms. The second-order valence-electron chi connectivity index (χ2n) is 4.71. The molecule has 124 valence electrons. The summed E-state index contributed by atoms with van der Waals surface area (Å²) in [6.07, 6.45) is 0. The number of alkyl halides is 2. The maximum absolute atomic E-state index is 12.3. The molecule has 0 aliphatic rings. The fraction of sp³-hybridized carbons (Fsp3) is 0.125. The van der Waals surface area contributed by atoms with Crippen LogP contribution >= 0.6 is 23.1 Å². The van der Waals surface area contributed by atoms with Gasteiger partial charge in [-0.3, -0.25) is 10.1 Å². The van der Waals surface area contributed by atoms with Gasteiger partial charge in [0.05, 0.1) is 17.3 Å². The van der Waals surface area contributed by atoms with Crippen LogP contribution in [0.15, 0.2) is 47.4 Å². The summed E-state index contributed by atoms with van der Waals surface area (Å²) in [7, 11) is 1.58. The quantitative estimate of drug-likeness (QED) is 0.655. The lowest BCUT2D eigenvalue weighted by atomic mass is 10.2. The molecule has 24 heavy (non-hydrogen) atoms. The van der Waals surface area contributed by atoms with Gasteiger partial charge in [-0.1, -0.05) is 23.1 Å². The highest BCUT2D eigenvalue weighted by atomic mass is 32.2. The molecule has 0 radical (unpaired) electrons. The summed E-state index contributed by atoms with van der Waals surface area (Å²) >= 11 is 1.78. The molecule has 0 atom stereocenters. The third-order valence-electron chi connectivity index (χ3n) is 3.16. The van der Waals surface area contributed by atoms with Gasteiger partial charge in [-0.05, 0) is 42.5 Å². The van der Waals surface area contributed by atoms with Gasteiger partial charge >= 0.3 is 0 Å². The molecule has 0 unspecified atom stereocenters. The zero-order valence-corrected chi connectivity index (χ0v) is 14.1. The van der Waals surface area contributed by atoms with Gasteiger partial charge in [-0.2, -0.15) is 8.78 Å². The van der Waals surface area contributed by atoms with E-state index in [4.69, 9.17) is 4.74 Å².